The van der Waals surface area contributed by atoms with Gasteiger partial charge in [-0.15, -0.1) is 0 Å². The van der Waals surface area contributed by atoms with Crippen molar-refractivity contribution >= 4 is 15.9 Å². The summed E-state index contributed by atoms with van der Waals surface area (Å²) in [4.78, 5) is 24.1. The third kappa shape index (κ3) is 4.34. The average molecular weight is 407 g/mol. The number of nitrogens with one attached hydrogen (secondary N) is 1. The highest BCUT2D eigenvalue weighted by Gasteiger charge is 2.22. The van der Waals surface area contributed by atoms with E-state index in [1.807, 2.05) is 12.1 Å². The minimum atomic E-state index is -3.70. The molecule has 1 aromatic heterocycles. The van der Waals surface area contributed by atoms with E-state index in [4.69, 9.17) is 9.47 Å². The molecule has 1 amide bonds. The number of fused-ring (bicyclic) bond motifs is 1. The molecular weight excluding hydrogens is 386 g/mol. The number of nitrogens with zero attached hydrogens (tertiary/aromatic N) is 2. The van der Waals surface area contributed by atoms with Crippen molar-refractivity contribution in [1.82, 2.24) is 14.2 Å². The second kappa shape index (κ2) is 8.03. The van der Waals surface area contributed by atoms with Gasteiger partial charge in [-0.05, 0) is 18.2 Å². The highest BCUT2D eigenvalue weighted by Crippen LogP contribution is 2.30. The molecule has 0 radical (unpaired) electrons. The molecule has 2 aromatic rings. The molecule has 0 aliphatic carbocycles. The van der Waals surface area contributed by atoms with Crippen LogP contribution in [-0.4, -0.2) is 56.5 Å². The molecule has 150 valence electrons. The molecule has 0 fully saturated rings. The Bertz CT molecular complexity index is 1030. The molecule has 9 nitrogen and oxygen atoms in total. The SMILES string of the molecule is CN(C)S(=O)(=O)c1ccc(=O)n(CC(=O)NCC2COc3ccccc3O2)c1. The first-order valence-corrected chi connectivity index (χ1v) is 9.99. The number of carbonyl (C=O) groups is 1. The van der Waals surface area contributed by atoms with Gasteiger partial charge in [-0.2, -0.15) is 0 Å². The summed E-state index contributed by atoms with van der Waals surface area (Å²) in [5, 5.41) is 2.68. The summed E-state index contributed by atoms with van der Waals surface area (Å²) < 4.78 is 37.8. The lowest BCUT2D eigenvalue weighted by Gasteiger charge is -2.26. The van der Waals surface area contributed by atoms with Crippen molar-refractivity contribution in [3.8, 4) is 11.5 Å². The average Bonchev–Trinajstić information content (AvgIpc) is 2.67. The lowest BCUT2D eigenvalue weighted by molar-refractivity contribution is -0.122. The Morgan fingerprint density at radius 3 is 2.64 bits per heavy atom. The highest BCUT2D eigenvalue weighted by atomic mass is 32.2. The molecule has 0 spiro atoms. The first-order valence-electron chi connectivity index (χ1n) is 8.55. The maximum Gasteiger partial charge on any atom is 0.251 e. The summed E-state index contributed by atoms with van der Waals surface area (Å²) in [6.07, 6.45) is 0.796. The van der Waals surface area contributed by atoms with E-state index in [1.165, 1.54) is 20.2 Å². The van der Waals surface area contributed by atoms with Crippen molar-refractivity contribution < 1.29 is 22.7 Å². The molecular formula is C18H21N3O6S. The number of ether oxygens (including phenoxy) is 2. The van der Waals surface area contributed by atoms with E-state index in [2.05, 4.69) is 5.32 Å². The Kier molecular flexibility index (Phi) is 5.71. The molecule has 1 unspecified atom stereocenters. The van der Waals surface area contributed by atoms with Crippen LogP contribution in [-0.2, 0) is 21.4 Å². The quantitative estimate of drug-likeness (QED) is 0.725. The van der Waals surface area contributed by atoms with E-state index in [0.717, 1.165) is 21.1 Å². The number of rotatable bonds is 6. The zero-order valence-corrected chi connectivity index (χ0v) is 16.3. The summed E-state index contributed by atoms with van der Waals surface area (Å²) in [6, 6.07) is 9.58. The second-order valence-corrected chi connectivity index (χ2v) is 8.57. The van der Waals surface area contributed by atoms with E-state index < -0.39 is 21.5 Å². The Morgan fingerprint density at radius 2 is 1.93 bits per heavy atom. The number of hydrogen-bond acceptors (Lipinski definition) is 6. The van der Waals surface area contributed by atoms with E-state index in [0.29, 0.717) is 11.5 Å². The monoisotopic (exact) mass is 407 g/mol. The van der Waals surface area contributed by atoms with Gasteiger partial charge in [-0.1, -0.05) is 12.1 Å². The summed E-state index contributed by atoms with van der Waals surface area (Å²) in [7, 11) is -0.923. The smallest absolute Gasteiger partial charge is 0.251 e. The fourth-order valence-electron chi connectivity index (χ4n) is 2.60. The van der Waals surface area contributed by atoms with E-state index in [9.17, 15) is 18.0 Å². The first-order chi connectivity index (χ1) is 13.3. The number of carbonyl (C=O) groups excluding carboxylic acids is 1. The summed E-state index contributed by atoms with van der Waals surface area (Å²) in [5.74, 6) is 0.810. The molecule has 1 aromatic carbocycles. The van der Waals surface area contributed by atoms with E-state index in [-0.39, 0.29) is 30.7 Å². The van der Waals surface area contributed by atoms with Crippen molar-refractivity contribution in [3.63, 3.8) is 0 Å². The normalized spacial score (nSPS) is 16.0. The Hall–Kier alpha value is -2.85. The van der Waals surface area contributed by atoms with E-state index >= 15 is 0 Å². The molecule has 0 saturated carbocycles. The van der Waals surface area contributed by atoms with Crippen LogP contribution in [0.4, 0.5) is 0 Å². The van der Waals surface area contributed by atoms with Crippen molar-refractivity contribution in [1.29, 1.82) is 0 Å². The fourth-order valence-corrected chi connectivity index (χ4v) is 3.52. The zero-order valence-electron chi connectivity index (χ0n) is 15.5. The van der Waals surface area contributed by atoms with Gasteiger partial charge in [-0.25, -0.2) is 12.7 Å². The van der Waals surface area contributed by atoms with Gasteiger partial charge in [-0.3, -0.25) is 9.59 Å². The van der Waals surface area contributed by atoms with Crippen LogP contribution in [0.1, 0.15) is 0 Å². The van der Waals surface area contributed by atoms with Gasteiger partial charge in [0.2, 0.25) is 15.9 Å². The van der Waals surface area contributed by atoms with Gasteiger partial charge < -0.3 is 19.4 Å². The summed E-state index contributed by atoms with van der Waals surface area (Å²) in [6.45, 7) is 0.172. The van der Waals surface area contributed by atoms with Crippen LogP contribution >= 0.6 is 0 Å². The predicted molar refractivity (Wildman–Crippen MR) is 101 cm³/mol. The lowest BCUT2D eigenvalue weighted by Crippen LogP contribution is -2.42. The van der Waals surface area contributed by atoms with Crippen LogP contribution in [0, 0.1) is 0 Å². The van der Waals surface area contributed by atoms with Gasteiger partial charge in [0, 0.05) is 26.4 Å². The molecule has 1 atom stereocenters. The largest absolute Gasteiger partial charge is 0.486 e. The maximum atomic E-state index is 12.2. The number of benzene rings is 1. The van der Waals surface area contributed by atoms with Crippen LogP contribution in [0.15, 0.2) is 52.3 Å². The lowest BCUT2D eigenvalue weighted by atomic mass is 10.2. The summed E-state index contributed by atoms with van der Waals surface area (Å²) >= 11 is 0. The number of amides is 1. The Labute approximate surface area is 162 Å². The van der Waals surface area contributed by atoms with Gasteiger partial charge in [0.05, 0.1) is 11.4 Å². The number of hydrogen-bond donors (Lipinski definition) is 1. The van der Waals surface area contributed by atoms with Gasteiger partial charge in [0.25, 0.3) is 5.56 Å². The van der Waals surface area contributed by atoms with Crippen LogP contribution in [0.3, 0.4) is 0 Å². The third-order valence-corrected chi connectivity index (χ3v) is 5.94. The van der Waals surface area contributed by atoms with Crippen LogP contribution in [0.2, 0.25) is 0 Å². The summed E-state index contributed by atoms with van der Waals surface area (Å²) in [5.41, 5.74) is -0.473. The molecule has 3 rings (SSSR count). The van der Waals surface area contributed by atoms with Crippen LogP contribution in [0.5, 0.6) is 11.5 Å². The number of pyridine rings is 1. The predicted octanol–water partition coefficient (Wildman–Crippen LogP) is 0.0548. The molecule has 1 N–H and O–H groups in total. The molecule has 28 heavy (non-hydrogen) atoms. The molecule has 2 heterocycles. The second-order valence-electron chi connectivity index (χ2n) is 6.42. The van der Waals surface area contributed by atoms with Gasteiger partial charge >= 0.3 is 0 Å². The van der Waals surface area contributed by atoms with E-state index in [1.54, 1.807) is 12.1 Å². The fraction of sp³-hybridized carbons (Fsp3) is 0.333. The Morgan fingerprint density at radius 1 is 1.21 bits per heavy atom. The minimum absolute atomic E-state index is 0.0643. The standard InChI is InChI=1S/C18H21N3O6S/c1-20(2)28(24,25)14-7-8-18(23)21(10-14)11-17(22)19-9-13-12-26-15-5-3-4-6-16(15)27-13/h3-8,10,13H,9,11-12H2,1-2H3,(H,19,22). The first kappa shape index (κ1) is 19.9. The topological polar surface area (TPSA) is 107 Å². The van der Waals surface area contributed by atoms with Crippen molar-refractivity contribution in [2.45, 2.75) is 17.5 Å². The van der Waals surface area contributed by atoms with Crippen LogP contribution < -0.4 is 20.3 Å². The third-order valence-electron chi connectivity index (χ3n) is 4.14. The molecule has 1 aliphatic heterocycles. The zero-order chi connectivity index (χ0) is 20.3. The molecule has 0 bridgehead atoms. The van der Waals surface area contributed by atoms with Gasteiger partial charge in [0.1, 0.15) is 19.3 Å². The van der Waals surface area contributed by atoms with Crippen molar-refractivity contribution in [3.05, 3.63) is 52.9 Å². The highest BCUT2D eigenvalue weighted by molar-refractivity contribution is 7.89. The molecule has 0 saturated heterocycles. The number of aromatic nitrogens is 1. The molecule has 10 heteroatoms. The number of sulfonamides is 1. The Balaban J connectivity index is 1.62. The van der Waals surface area contributed by atoms with Crippen molar-refractivity contribution in [2.24, 2.45) is 0 Å². The maximum absolute atomic E-state index is 12.2. The van der Waals surface area contributed by atoms with Crippen molar-refractivity contribution in [2.75, 3.05) is 27.2 Å². The number of para-hydroxylation sites is 2. The van der Waals surface area contributed by atoms with Crippen LogP contribution in [0.25, 0.3) is 0 Å². The minimum Gasteiger partial charge on any atom is -0.486 e. The van der Waals surface area contributed by atoms with Gasteiger partial charge in [0.15, 0.2) is 11.5 Å². The molecule has 1 aliphatic rings.